The summed E-state index contributed by atoms with van der Waals surface area (Å²) in [4.78, 5) is 13.0. The molecule has 1 saturated heterocycles. The molecule has 0 aromatic heterocycles. The van der Waals surface area contributed by atoms with Crippen molar-refractivity contribution in [3.8, 4) is 0 Å². The number of hydrogen-bond donors (Lipinski definition) is 2. The minimum atomic E-state index is -0.492. The quantitative estimate of drug-likeness (QED) is 0.843. The number of hydrogen-bond acceptors (Lipinski definition) is 3. The third-order valence-electron chi connectivity index (χ3n) is 3.66. The molecule has 3 N–H and O–H groups in total. The molecule has 0 spiro atoms. The van der Waals surface area contributed by atoms with Gasteiger partial charge in [-0.3, -0.25) is 4.79 Å². The van der Waals surface area contributed by atoms with Crippen LogP contribution in [0.4, 0.5) is 15.8 Å². The van der Waals surface area contributed by atoms with Gasteiger partial charge in [0.2, 0.25) is 5.91 Å². The number of carbonyl (C=O) groups is 1. The van der Waals surface area contributed by atoms with Gasteiger partial charge in [0.25, 0.3) is 0 Å². The van der Waals surface area contributed by atoms with Gasteiger partial charge in [-0.15, -0.1) is 0 Å². The normalized spacial score (nSPS) is 16.2. The lowest BCUT2D eigenvalue weighted by atomic mass is 9.96. The lowest BCUT2D eigenvalue weighted by molar-refractivity contribution is -0.119. The van der Waals surface area contributed by atoms with Crippen molar-refractivity contribution in [2.75, 3.05) is 30.3 Å². The maximum Gasteiger partial charge on any atom is 0.216 e. The van der Waals surface area contributed by atoms with E-state index in [-0.39, 0.29) is 10.9 Å². The van der Waals surface area contributed by atoms with Crippen molar-refractivity contribution in [3.05, 3.63) is 23.0 Å². The predicted octanol–water partition coefficient (Wildman–Crippen LogP) is 2.41. The van der Waals surface area contributed by atoms with Crippen molar-refractivity contribution in [2.45, 2.75) is 19.8 Å². The maximum atomic E-state index is 13.3. The van der Waals surface area contributed by atoms with Crippen LogP contribution in [0.25, 0.3) is 0 Å². The summed E-state index contributed by atoms with van der Waals surface area (Å²) in [6.07, 6.45) is 1.93. The van der Waals surface area contributed by atoms with Gasteiger partial charge < -0.3 is 16.0 Å². The Hall–Kier alpha value is -1.49. The number of nitrogens with one attached hydrogen (secondary N) is 1. The van der Waals surface area contributed by atoms with Crippen LogP contribution in [-0.4, -0.2) is 25.5 Å². The van der Waals surface area contributed by atoms with Crippen LogP contribution in [0.1, 0.15) is 19.8 Å². The molecule has 110 valence electrons. The van der Waals surface area contributed by atoms with E-state index >= 15 is 0 Å². The van der Waals surface area contributed by atoms with Crippen molar-refractivity contribution in [1.82, 2.24) is 5.32 Å². The highest BCUT2D eigenvalue weighted by molar-refractivity contribution is 6.31. The van der Waals surface area contributed by atoms with Crippen LogP contribution >= 0.6 is 11.6 Å². The maximum absolute atomic E-state index is 13.3. The summed E-state index contributed by atoms with van der Waals surface area (Å²) in [6, 6.07) is 2.85. The molecule has 1 aromatic rings. The van der Waals surface area contributed by atoms with E-state index in [1.54, 1.807) is 6.07 Å². The van der Waals surface area contributed by atoms with Gasteiger partial charge in [0.05, 0.1) is 16.4 Å². The first kappa shape index (κ1) is 14.9. The Morgan fingerprint density at radius 3 is 2.75 bits per heavy atom. The first-order valence-electron chi connectivity index (χ1n) is 6.71. The first-order valence-corrected chi connectivity index (χ1v) is 7.09. The molecular formula is C14H19ClFN3O. The molecule has 0 atom stereocenters. The number of anilines is 2. The van der Waals surface area contributed by atoms with Crippen LogP contribution in [-0.2, 0) is 4.79 Å². The SMILES string of the molecule is CC(=O)NCC1CCN(c2cc(Cl)c(F)cc2N)CC1. The van der Waals surface area contributed by atoms with Gasteiger partial charge >= 0.3 is 0 Å². The Morgan fingerprint density at radius 1 is 1.50 bits per heavy atom. The number of nitrogens with zero attached hydrogens (tertiary/aromatic N) is 1. The number of amides is 1. The average molecular weight is 300 g/mol. The minimum Gasteiger partial charge on any atom is -0.397 e. The minimum absolute atomic E-state index is 0.00184. The topological polar surface area (TPSA) is 58.4 Å². The number of nitrogen functional groups attached to an aromatic ring is 1. The van der Waals surface area contributed by atoms with Crippen LogP contribution in [0, 0.1) is 11.7 Å². The molecule has 1 aliphatic rings. The molecular weight excluding hydrogens is 281 g/mol. The molecule has 0 aliphatic carbocycles. The second-order valence-electron chi connectivity index (χ2n) is 5.19. The fourth-order valence-corrected chi connectivity index (χ4v) is 2.65. The van der Waals surface area contributed by atoms with Crippen LogP contribution in [0.15, 0.2) is 12.1 Å². The number of nitrogens with two attached hydrogens (primary N) is 1. The van der Waals surface area contributed by atoms with E-state index < -0.39 is 5.82 Å². The summed E-state index contributed by atoms with van der Waals surface area (Å²) >= 11 is 5.81. The third kappa shape index (κ3) is 3.54. The second-order valence-corrected chi connectivity index (χ2v) is 5.60. The Labute approximate surface area is 123 Å². The Bertz CT molecular complexity index is 501. The highest BCUT2D eigenvalue weighted by Crippen LogP contribution is 2.32. The molecule has 6 heteroatoms. The molecule has 1 aliphatic heterocycles. The van der Waals surface area contributed by atoms with E-state index in [9.17, 15) is 9.18 Å². The van der Waals surface area contributed by atoms with Crippen molar-refractivity contribution >= 4 is 28.9 Å². The van der Waals surface area contributed by atoms with Gasteiger partial charge in [0.1, 0.15) is 5.82 Å². The van der Waals surface area contributed by atoms with Crippen LogP contribution in [0.3, 0.4) is 0 Å². The fourth-order valence-electron chi connectivity index (χ4n) is 2.49. The molecule has 2 rings (SSSR count). The Kier molecular flexibility index (Phi) is 4.70. The number of benzene rings is 1. The van der Waals surface area contributed by atoms with E-state index in [4.69, 9.17) is 17.3 Å². The number of piperidine rings is 1. The number of carbonyl (C=O) groups excluding carboxylic acids is 1. The summed E-state index contributed by atoms with van der Waals surface area (Å²) < 4.78 is 13.3. The first-order chi connectivity index (χ1) is 9.47. The molecule has 4 nitrogen and oxygen atoms in total. The largest absolute Gasteiger partial charge is 0.397 e. The van der Waals surface area contributed by atoms with Crippen LogP contribution in [0.2, 0.25) is 5.02 Å². The molecule has 1 heterocycles. The molecule has 0 bridgehead atoms. The second kappa shape index (κ2) is 6.31. The molecule has 0 unspecified atom stereocenters. The Balaban J connectivity index is 1.97. The average Bonchev–Trinajstić information content (AvgIpc) is 2.41. The van der Waals surface area contributed by atoms with Gasteiger partial charge in [-0.1, -0.05) is 11.6 Å². The summed E-state index contributed by atoms with van der Waals surface area (Å²) in [5.74, 6) is -0.0113. The highest BCUT2D eigenvalue weighted by atomic mass is 35.5. The molecule has 1 fully saturated rings. The smallest absolute Gasteiger partial charge is 0.216 e. The zero-order valence-corrected chi connectivity index (χ0v) is 12.2. The van der Waals surface area contributed by atoms with E-state index in [0.717, 1.165) is 31.6 Å². The van der Waals surface area contributed by atoms with Crippen molar-refractivity contribution < 1.29 is 9.18 Å². The van der Waals surface area contributed by atoms with Crippen molar-refractivity contribution in [2.24, 2.45) is 5.92 Å². The zero-order chi connectivity index (χ0) is 14.7. The van der Waals surface area contributed by atoms with Crippen LogP contribution in [0.5, 0.6) is 0 Å². The van der Waals surface area contributed by atoms with Crippen molar-refractivity contribution in [1.29, 1.82) is 0 Å². The van der Waals surface area contributed by atoms with E-state index in [1.807, 2.05) is 0 Å². The number of halogens is 2. The van der Waals surface area contributed by atoms with E-state index in [0.29, 0.717) is 18.2 Å². The third-order valence-corrected chi connectivity index (χ3v) is 3.95. The molecule has 20 heavy (non-hydrogen) atoms. The summed E-state index contributed by atoms with van der Waals surface area (Å²) in [6.45, 7) is 3.89. The van der Waals surface area contributed by atoms with Crippen molar-refractivity contribution in [3.63, 3.8) is 0 Å². The van der Waals surface area contributed by atoms with Crippen LogP contribution < -0.4 is 16.0 Å². The standard InChI is InChI=1S/C14H19ClFN3O/c1-9(20)18-8-10-2-4-19(5-3-10)14-6-11(15)12(16)7-13(14)17/h6-7,10H,2-5,8,17H2,1H3,(H,18,20). The monoisotopic (exact) mass is 299 g/mol. The highest BCUT2D eigenvalue weighted by Gasteiger charge is 2.21. The van der Waals surface area contributed by atoms with Gasteiger partial charge in [-0.05, 0) is 24.8 Å². The fraction of sp³-hybridized carbons (Fsp3) is 0.500. The molecule has 1 amide bonds. The van der Waals surface area contributed by atoms with Gasteiger partial charge in [0.15, 0.2) is 0 Å². The summed E-state index contributed by atoms with van der Waals surface area (Å²) in [5.41, 5.74) is 7.05. The predicted molar refractivity (Wildman–Crippen MR) is 79.4 cm³/mol. The lowest BCUT2D eigenvalue weighted by Crippen LogP contribution is -2.38. The zero-order valence-electron chi connectivity index (χ0n) is 11.5. The van der Waals surface area contributed by atoms with Gasteiger partial charge in [-0.2, -0.15) is 0 Å². The molecule has 0 saturated carbocycles. The Morgan fingerprint density at radius 2 is 2.15 bits per heavy atom. The number of rotatable bonds is 3. The molecule has 0 radical (unpaired) electrons. The van der Waals surface area contributed by atoms with E-state index in [2.05, 4.69) is 10.2 Å². The summed E-state index contributed by atoms with van der Waals surface area (Å²) in [5, 5.41) is 2.94. The van der Waals surface area contributed by atoms with E-state index in [1.165, 1.54) is 13.0 Å². The lowest BCUT2D eigenvalue weighted by Gasteiger charge is -2.34. The van der Waals surface area contributed by atoms with Gasteiger partial charge in [-0.25, -0.2) is 4.39 Å². The van der Waals surface area contributed by atoms with Gasteiger partial charge in [0, 0.05) is 32.6 Å². The molecule has 1 aromatic carbocycles. The summed E-state index contributed by atoms with van der Waals surface area (Å²) in [7, 11) is 0.